The average molecular weight is 226 g/mol. The van der Waals surface area contributed by atoms with E-state index in [1.165, 1.54) is 39.2 Å². The van der Waals surface area contributed by atoms with Crippen molar-refractivity contribution < 1.29 is 9.53 Å². The number of methoxy groups -OCH3 is 1. The van der Waals surface area contributed by atoms with Crippen LogP contribution < -0.4 is 0 Å². The number of hydrogen-bond acceptors (Lipinski definition) is 2. The Morgan fingerprint density at radius 2 is 1.88 bits per heavy atom. The Kier molecular flexibility index (Phi) is 5.86. The predicted octanol–water partition coefficient (Wildman–Crippen LogP) is 3.79. The predicted molar refractivity (Wildman–Crippen MR) is 66.2 cm³/mol. The molecule has 0 aromatic heterocycles. The molecule has 1 saturated carbocycles. The molecular formula is C14H26O2. The van der Waals surface area contributed by atoms with Gasteiger partial charge in [-0.15, -0.1) is 0 Å². The smallest absolute Gasteiger partial charge is 0.308 e. The molecular weight excluding hydrogens is 200 g/mol. The standard InChI is InChI=1S/C14H26O2/c1-11(2)5-4-6-12-7-9-13(10-8-12)14(15)16-3/h11-13H,4-10H2,1-3H3. The van der Waals surface area contributed by atoms with Gasteiger partial charge in [0.1, 0.15) is 0 Å². The van der Waals surface area contributed by atoms with E-state index in [9.17, 15) is 4.79 Å². The molecule has 16 heavy (non-hydrogen) atoms. The molecule has 0 amide bonds. The van der Waals surface area contributed by atoms with Crippen molar-refractivity contribution in [2.24, 2.45) is 17.8 Å². The molecule has 2 heteroatoms. The number of carbonyl (C=O) groups is 1. The third-order valence-corrected chi connectivity index (χ3v) is 3.78. The summed E-state index contributed by atoms with van der Waals surface area (Å²) in [4.78, 5) is 11.4. The van der Waals surface area contributed by atoms with Crippen molar-refractivity contribution in [1.29, 1.82) is 0 Å². The number of carbonyl (C=O) groups excluding carboxylic acids is 1. The van der Waals surface area contributed by atoms with Gasteiger partial charge in [0.2, 0.25) is 0 Å². The van der Waals surface area contributed by atoms with E-state index >= 15 is 0 Å². The molecule has 0 spiro atoms. The molecule has 2 nitrogen and oxygen atoms in total. The number of rotatable bonds is 5. The van der Waals surface area contributed by atoms with Crippen molar-refractivity contribution >= 4 is 5.97 Å². The van der Waals surface area contributed by atoms with Gasteiger partial charge < -0.3 is 4.74 Å². The molecule has 0 radical (unpaired) electrons. The van der Waals surface area contributed by atoms with Crippen molar-refractivity contribution in [2.75, 3.05) is 7.11 Å². The first-order valence-electron chi connectivity index (χ1n) is 6.71. The van der Waals surface area contributed by atoms with E-state index in [4.69, 9.17) is 4.74 Å². The molecule has 1 aliphatic rings. The third kappa shape index (κ3) is 4.54. The van der Waals surface area contributed by atoms with Gasteiger partial charge in [0, 0.05) is 0 Å². The normalized spacial score (nSPS) is 25.8. The van der Waals surface area contributed by atoms with E-state index in [1.807, 2.05) is 0 Å². The molecule has 0 N–H and O–H groups in total. The minimum atomic E-state index is 0.000584. The van der Waals surface area contributed by atoms with Crippen LogP contribution in [0.5, 0.6) is 0 Å². The third-order valence-electron chi connectivity index (χ3n) is 3.78. The molecule has 0 heterocycles. The minimum absolute atomic E-state index is 0.000584. The highest BCUT2D eigenvalue weighted by atomic mass is 16.5. The molecule has 0 saturated heterocycles. The molecule has 0 aromatic rings. The van der Waals surface area contributed by atoms with Crippen LogP contribution in [-0.2, 0) is 9.53 Å². The number of ether oxygens (including phenoxy) is 1. The molecule has 0 aromatic carbocycles. The quantitative estimate of drug-likeness (QED) is 0.667. The zero-order valence-corrected chi connectivity index (χ0v) is 11.0. The van der Waals surface area contributed by atoms with E-state index in [-0.39, 0.29) is 11.9 Å². The van der Waals surface area contributed by atoms with Crippen molar-refractivity contribution in [2.45, 2.75) is 58.8 Å². The lowest BCUT2D eigenvalue weighted by Gasteiger charge is -2.27. The first-order chi connectivity index (χ1) is 7.63. The summed E-state index contributed by atoms with van der Waals surface area (Å²) < 4.78 is 4.80. The minimum Gasteiger partial charge on any atom is -0.469 e. The van der Waals surface area contributed by atoms with Crippen molar-refractivity contribution in [3.05, 3.63) is 0 Å². The second-order valence-corrected chi connectivity index (χ2v) is 5.57. The molecule has 0 atom stereocenters. The molecule has 0 bridgehead atoms. The average Bonchev–Trinajstić information content (AvgIpc) is 2.28. The summed E-state index contributed by atoms with van der Waals surface area (Å²) >= 11 is 0. The monoisotopic (exact) mass is 226 g/mol. The molecule has 94 valence electrons. The van der Waals surface area contributed by atoms with E-state index in [0.717, 1.165) is 24.7 Å². The first kappa shape index (κ1) is 13.5. The summed E-state index contributed by atoms with van der Waals surface area (Å²) in [6, 6.07) is 0. The Morgan fingerprint density at radius 3 is 2.38 bits per heavy atom. The molecule has 1 fully saturated rings. The fraction of sp³-hybridized carbons (Fsp3) is 0.929. The summed E-state index contributed by atoms with van der Waals surface area (Å²) in [7, 11) is 1.50. The van der Waals surface area contributed by atoms with Gasteiger partial charge in [-0.3, -0.25) is 4.79 Å². The highest BCUT2D eigenvalue weighted by Gasteiger charge is 2.26. The van der Waals surface area contributed by atoms with Gasteiger partial charge in [0.05, 0.1) is 13.0 Å². The maximum absolute atomic E-state index is 11.4. The van der Waals surface area contributed by atoms with Crippen LogP contribution in [0.25, 0.3) is 0 Å². The molecule has 0 aliphatic heterocycles. The van der Waals surface area contributed by atoms with Gasteiger partial charge in [-0.25, -0.2) is 0 Å². The molecule has 1 aliphatic carbocycles. The van der Waals surface area contributed by atoms with Crippen LogP contribution in [0.1, 0.15) is 58.8 Å². The lowest BCUT2D eigenvalue weighted by atomic mass is 9.79. The van der Waals surface area contributed by atoms with Crippen LogP contribution in [0.2, 0.25) is 0 Å². The molecule has 1 rings (SSSR count). The SMILES string of the molecule is COC(=O)C1CCC(CCCC(C)C)CC1. The summed E-state index contributed by atoms with van der Waals surface area (Å²) in [5.41, 5.74) is 0. The van der Waals surface area contributed by atoms with Crippen LogP contribution in [0.4, 0.5) is 0 Å². The van der Waals surface area contributed by atoms with Gasteiger partial charge in [-0.05, 0) is 37.5 Å². The Balaban J connectivity index is 2.14. The maximum Gasteiger partial charge on any atom is 0.308 e. The van der Waals surface area contributed by atoms with Gasteiger partial charge >= 0.3 is 5.97 Å². The Labute approximate surface area is 99.8 Å². The topological polar surface area (TPSA) is 26.3 Å². The van der Waals surface area contributed by atoms with Crippen LogP contribution in [0.15, 0.2) is 0 Å². The van der Waals surface area contributed by atoms with Gasteiger partial charge in [-0.2, -0.15) is 0 Å². The second kappa shape index (κ2) is 6.93. The fourth-order valence-corrected chi connectivity index (χ4v) is 2.67. The largest absolute Gasteiger partial charge is 0.469 e. The summed E-state index contributed by atoms with van der Waals surface area (Å²) in [6.07, 6.45) is 8.57. The van der Waals surface area contributed by atoms with Crippen LogP contribution in [0.3, 0.4) is 0 Å². The van der Waals surface area contributed by atoms with Crippen LogP contribution >= 0.6 is 0 Å². The second-order valence-electron chi connectivity index (χ2n) is 5.57. The van der Waals surface area contributed by atoms with Crippen molar-refractivity contribution in [3.8, 4) is 0 Å². The van der Waals surface area contributed by atoms with Crippen molar-refractivity contribution in [1.82, 2.24) is 0 Å². The zero-order chi connectivity index (χ0) is 12.0. The summed E-state index contributed by atoms with van der Waals surface area (Å²) in [5, 5.41) is 0. The Bertz CT molecular complexity index is 203. The highest BCUT2D eigenvalue weighted by Crippen LogP contribution is 2.32. The summed E-state index contributed by atoms with van der Waals surface area (Å²) in [5.74, 6) is 1.87. The van der Waals surface area contributed by atoms with E-state index in [2.05, 4.69) is 13.8 Å². The van der Waals surface area contributed by atoms with Crippen molar-refractivity contribution in [3.63, 3.8) is 0 Å². The van der Waals surface area contributed by atoms with E-state index in [0.29, 0.717) is 0 Å². The lowest BCUT2D eigenvalue weighted by Crippen LogP contribution is -2.22. The van der Waals surface area contributed by atoms with Crippen LogP contribution in [0, 0.1) is 17.8 Å². The van der Waals surface area contributed by atoms with Gasteiger partial charge in [0.15, 0.2) is 0 Å². The first-order valence-corrected chi connectivity index (χ1v) is 6.71. The summed E-state index contributed by atoms with van der Waals surface area (Å²) in [6.45, 7) is 4.57. The number of hydrogen-bond donors (Lipinski definition) is 0. The van der Waals surface area contributed by atoms with E-state index in [1.54, 1.807) is 0 Å². The number of esters is 1. The Morgan fingerprint density at radius 1 is 1.25 bits per heavy atom. The fourth-order valence-electron chi connectivity index (χ4n) is 2.67. The van der Waals surface area contributed by atoms with Crippen LogP contribution in [-0.4, -0.2) is 13.1 Å². The Hall–Kier alpha value is -0.530. The van der Waals surface area contributed by atoms with E-state index < -0.39 is 0 Å². The maximum atomic E-state index is 11.4. The van der Waals surface area contributed by atoms with Gasteiger partial charge in [-0.1, -0.05) is 33.1 Å². The molecule has 0 unspecified atom stereocenters. The highest BCUT2D eigenvalue weighted by molar-refractivity contribution is 5.72. The van der Waals surface area contributed by atoms with Gasteiger partial charge in [0.25, 0.3) is 0 Å². The lowest BCUT2D eigenvalue weighted by molar-refractivity contribution is -0.146. The zero-order valence-electron chi connectivity index (χ0n) is 11.0.